The summed E-state index contributed by atoms with van der Waals surface area (Å²) in [5.74, 6) is 0.175. The molecule has 1 saturated carbocycles. The maximum atomic E-state index is 9.60. The summed E-state index contributed by atoms with van der Waals surface area (Å²) in [6.45, 7) is 1.33. The van der Waals surface area contributed by atoms with Crippen LogP contribution in [-0.4, -0.2) is 32.8 Å². The molecule has 0 atom stereocenters. The van der Waals surface area contributed by atoms with E-state index in [4.69, 9.17) is 4.74 Å². The number of ether oxygens (including phenoxy) is 1. The van der Waals surface area contributed by atoms with E-state index >= 15 is 0 Å². The van der Waals surface area contributed by atoms with Gasteiger partial charge in [0.25, 0.3) is 0 Å². The lowest BCUT2D eigenvalue weighted by Gasteiger charge is -2.25. The highest BCUT2D eigenvalue weighted by Gasteiger charge is 2.17. The molecule has 1 heterocycles. The van der Waals surface area contributed by atoms with E-state index in [0.29, 0.717) is 24.8 Å². The predicted octanol–water partition coefficient (Wildman–Crippen LogP) is 1.71. The van der Waals surface area contributed by atoms with Crippen molar-refractivity contribution in [2.24, 2.45) is 0 Å². The van der Waals surface area contributed by atoms with E-state index in [1.54, 1.807) is 16.8 Å². The number of phenols is 1. The third-order valence-electron chi connectivity index (χ3n) is 3.23. The Kier molecular flexibility index (Phi) is 2.68. The van der Waals surface area contributed by atoms with Gasteiger partial charge >= 0.3 is 0 Å². The smallest absolute Gasteiger partial charge is 0.154 e. The minimum atomic E-state index is 0.175. The number of nitrogens with zero attached hydrogens (tertiary/aromatic N) is 3. The van der Waals surface area contributed by atoms with Crippen molar-refractivity contribution in [3.05, 3.63) is 18.2 Å². The quantitative estimate of drug-likeness (QED) is 0.873. The van der Waals surface area contributed by atoms with Gasteiger partial charge in [-0.25, -0.2) is 4.68 Å². The number of aromatic hydroxyl groups is 1. The Hall–Kier alpha value is -1.62. The lowest BCUT2D eigenvalue weighted by molar-refractivity contribution is -0.00212. The van der Waals surface area contributed by atoms with E-state index < -0.39 is 0 Å². The highest BCUT2D eigenvalue weighted by Crippen LogP contribution is 2.23. The summed E-state index contributed by atoms with van der Waals surface area (Å²) in [5, 5.41) is 17.6. The van der Waals surface area contributed by atoms with Gasteiger partial charge in [-0.15, -0.1) is 5.10 Å². The van der Waals surface area contributed by atoms with Gasteiger partial charge in [-0.05, 0) is 31.4 Å². The molecule has 1 aliphatic carbocycles. The summed E-state index contributed by atoms with van der Waals surface area (Å²) in [4.78, 5) is 0. The molecule has 1 N–H and O–H groups in total. The molecule has 0 unspecified atom stereocenters. The fourth-order valence-corrected chi connectivity index (χ4v) is 1.99. The third-order valence-corrected chi connectivity index (χ3v) is 3.23. The van der Waals surface area contributed by atoms with E-state index in [1.807, 2.05) is 6.07 Å². The second-order valence-corrected chi connectivity index (χ2v) is 4.38. The van der Waals surface area contributed by atoms with Crippen molar-refractivity contribution in [3.8, 4) is 5.75 Å². The standard InChI is InChI=1S/C12H15N3O2/c16-11-6-2-5-10-12(11)13-14-15(10)7-8-17-9-3-1-4-9/h2,5-6,9,16H,1,3-4,7-8H2. The van der Waals surface area contributed by atoms with E-state index in [9.17, 15) is 5.11 Å². The van der Waals surface area contributed by atoms with E-state index in [1.165, 1.54) is 19.3 Å². The summed E-state index contributed by atoms with van der Waals surface area (Å²) in [6.07, 6.45) is 4.08. The first-order chi connectivity index (χ1) is 8.34. The number of benzene rings is 1. The van der Waals surface area contributed by atoms with Crippen molar-refractivity contribution in [2.45, 2.75) is 31.9 Å². The average Bonchev–Trinajstić information content (AvgIpc) is 2.67. The van der Waals surface area contributed by atoms with Crippen LogP contribution in [0, 0.1) is 0 Å². The molecule has 3 rings (SSSR count). The predicted molar refractivity (Wildman–Crippen MR) is 62.8 cm³/mol. The van der Waals surface area contributed by atoms with E-state index in [0.717, 1.165) is 5.52 Å². The van der Waals surface area contributed by atoms with Crippen LogP contribution in [0.3, 0.4) is 0 Å². The maximum Gasteiger partial charge on any atom is 0.154 e. The number of aromatic nitrogens is 3. The van der Waals surface area contributed by atoms with Crippen LogP contribution in [0.2, 0.25) is 0 Å². The highest BCUT2D eigenvalue weighted by atomic mass is 16.5. The van der Waals surface area contributed by atoms with Crippen LogP contribution in [0.25, 0.3) is 11.0 Å². The summed E-state index contributed by atoms with van der Waals surface area (Å²) in [5.41, 5.74) is 1.40. The molecule has 1 fully saturated rings. The first-order valence-electron chi connectivity index (χ1n) is 5.97. The molecule has 0 bridgehead atoms. The van der Waals surface area contributed by atoms with Crippen LogP contribution < -0.4 is 0 Å². The van der Waals surface area contributed by atoms with Crippen molar-refractivity contribution < 1.29 is 9.84 Å². The van der Waals surface area contributed by atoms with Crippen molar-refractivity contribution in [1.82, 2.24) is 15.0 Å². The van der Waals surface area contributed by atoms with Gasteiger partial charge in [-0.3, -0.25) is 0 Å². The molecule has 1 aromatic heterocycles. The molecule has 0 amide bonds. The van der Waals surface area contributed by atoms with Crippen LogP contribution >= 0.6 is 0 Å². The molecule has 5 heteroatoms. The zero-order valence-corrected chi connectivity index (χ0v) is 9.54. The fourth-order valence-electron chi connectivity index (χ4n) is 1.99. The molecular formula is C12H15N3O2. The van der Waals surface area contributed by atoms with E-state index in [-0.39, 0.29) is 5.75 Å². The highest BCUT2D eigenvalue weighted by molar-refractivity contribution is 5.80. The Morgan fingerprint density at radius 2 is 2.29 bits per heavy atom. The van der Waals surface area contributed by atoms with Crippen LogP contribution in [-0.2, 0) is 11.3 Å². The van der Waals surface area contributed by atoms with Crippen molar-refractivity contribution in [1.29, 1.82) is 0 Å². The van der Waals surface area contributed by atoms with Crippen molar-refractivity contribution >= 4 is 11.0 Å². The van der Waals surface area contributed by atoms with Crippen LogP contribution in [0.4, 0.5) is 0 Å². The molecule has 0 saturated heterocycles. The molecule has 0 radical (unpaired) electrons. The zero-order chi connectivity index (χ0) is 11.7. The Bertz CT molecular complexity index is 519. The summed E-state index contributed by atoms with van der Waals surface area (Å²) in [6, 6.07) is 5.31. The number of hydrogen-bond donors (Lipinski definition) is 1. The second-order valence-electron chi connectivity index (χ2n) is 4.38. The second kappa shape index (κ2) is 4.33. The molecule has 1 aliphatic rings. The SMILES string of the molecule is Oc1cccc2c1nnn2CCOC1CCC1. The minimum absolute atomic E-state index is 0.175. The molecule has 90 valence electrons. The zero-order valence-electron chi connectivity index (χ0n) is 9.54. The van der Waals surface area contributed by atoms with Crippen molar-refractivity contribution in [3.63, 3.8) is 0 Å². The molecule has 0 spiro atoms. The van der Waals surface area contributed by atoms with Crippen LogP contribution in [0.1, 0.15) is 19.3 Å². The number of phenolic OH excluding ortho intramolecular Hbond substituents is 1. The number of hydrogen-bond acceptors (Lipinski definition) is 4. The topological polar surface area (TPSA) is 60.2 Å². The summed E-state index contributed by atoms with van der Waals surface area (Å²) in [7, 11) is 0. The monoisotopic (exact) mass is 233 g/mol. The lowest BCUT2D eigenvalue weighted by Crippen LogP contribution is -2.23. The summed E-state index contributed by atoms with van der Waals surface area (Å²) < 4.78 is 7.45. The third kappa shape index (κ3) is 1.98. The molecule has 2 aromatic rings. The average molecular weight is 233 g/mol. The van der Waals surface area contributed by atoms with Gasteiger partial charge in [-0.2, -0.15) is 0 Å². The maximum absolute atomic E-state index is 9.60. The van der Waals surface area contributed by atoms with Crippen LogP contribution in [0.5, 0.6) is 5.75 Å². The normalized spacial score (nSPS) is 16.2. The molecule has 5 nitrogen and oxygen atoms in total. The van der Waals surface area contributed by atoms with Gasteiger partial charge in [-0.1, -0.05) is 11.3 Å². The van der Waals surface area contributed by atoms with Gasteiger partial charge in [0.05, 0.1) is 24.8 Å². The van der Waals surface area contributed by atoms with Gasteiger partial charge in [0.15, 0.2) is 5.52 Å². The molecule has 0 aliphatic heterocycles. The molecule has 17 heavy (non-hydrogen) atoms. The van der Waals surface area contributed by atoms with Gasteiger partial charge < -0.3 is 9.84 Å². The minimum Gasteiger partial charge on any atom is -0.506 e. The largest absolute Gasteiger partial charge is 0.506 e. The van der Waals surface area contributed by atoms with E-state index in [2.05, 4.69) is 10.3 Å². The summed E-state index contributed by atoms with van der Waals surface area (Å²) >= 11 is 0. The first-order valence-corrected chi connectivity index (χ1v) is 5.97. The number of rotatable bonds is 4. The number of fused-ring (bicyclic) bond motifs is 1. The lowest BCUT2D eigenvalue weighted by atomic mass is 9.96. The van der Waals surface area contributed by atoms with Crippen molar-refractivity contribution in [2.75, 3.05) is 6.61 Å². The Morgan fingerprint density at radius 1 is 1.41 bits per heavy atom. The van der Waals surface area contributed by atoms with Gasteiger partial charge in [0, 0.05) is 0 Å². The Morgan fingerprint density at radius 3 is 3.06 bits per heavy atom. The fraction of sp³-hybridized carbons (Fsp3) is 0.500. The van der Waals surface area contributed by atoms with Crippen LogP contribution in [0.15, 0.2) is 18.2 Å². The van der Waals surface area contributed by atoms with Gasteiger partial charge in [0.2, 0.25) is 0 Å². The first kappa shape index (κ1) is 10.5. The molecule has 1 aromatic carbocycles. The Balaban J connectivity index is 1.69. The Labute approximate surface area is 99.0 Å². The molecular weight excluding hydrogens is 218 g/mol. The van der Waals surface area contributed by atoms with Gasteiger partial charge in [0.1, 0.15) is 5.75 Å².